The molecule has 172 valence electrons. The van der Waals surface area contributed by atoms with Gasteiger partial charge in [0.15, 0.2) is 0 Å². The molecule has 1 amide bonds. The number of anilines is 3. The van der Waals surface area contributed by atoms with E-state index >= 15 is 0 Å². The first-order valence-corrected chi connectivity index (χ1v) is 12.5. The van der Waals surface area contributed by atoms with Gasteiger partial charge < -0.3 is 20.3 Å². The Balaban J connectivity index is 1.32. The molecule has 32 heavy (non-hydrogen) atoms. The molecule has 1 atom stereocenters. The topological polar surface area (TPSA) is 91.0 Å². The Morgan fingerprint density at radius 3 is 2.12 bits per heavy atom. The molecule has 4 rings (SSSR count). The number of hydrogen-bond acceptors (Lipinski definition) is 6. The van der Waals surface area contributed by atoms with Gasteiger partial charge in [0.2, 0.25) is 15.9 Å². The zero-order chi connectivity index (χ0) is 22.6. The van der Waals surface area contributed by atoms with Crippen LogP contribution in [0.3, 0.4) is 0 Å². The smallest absolute Gasteiger partial charge is 0.246 e. The minimum atomic E-state index is -3.44. The van der Waals surface area contributed by atoms with Crippen LogP contribution in [0.4, 0.5) is 17.1 Å². The fourth-order valence-corrected chi connectivity index (χ4v) is 5.46. The molecule has 0 aromatic heterocycles. The molecule has 9 heteroatoms. The number of benzene rings is 2. The zero-order valence-corrected chi connectivity index (χ0v) is 19.1. The third kappa shape index (κ3) is 5.23. The number of rotatable bonds is 7. The van der Waals surface area contributed by atoms with E-state index in [0.29, 0.717) is 18.8 Å². The van der Waals surface area contributed by atoms with Crippen LogP contribution in [0.25, 0.3) is 0 Å². The summed E-state index contributed by atoms with van der Waals surface area (Å²) in [6.07, 6.45) is 1.81. The zero-order valence-electron chi connectivity index (χ0n) is 18.3. The van der Waals surface area contributed by atoms with E-state index in [1.807, 2.05) is 24.3 Å². The predicted octanol–water partition coefficient (Wildman–Crippen LogP) is 2.75. The molecule has 2 saturated heterocycles. The molecule has 0 spiro atoms. The number of morpholine rings is 1. The van der Waals surface area contributed by atoms with E-state index < -0.39 is 16.1 Å². The fraction of sp³-hybridized carbons (Fsp3) is 0.435. The third-order valence-corrected chi connectivity index (χ3v) is 7.76. The highest BCUT2D eigenvalue weighted by Crippen LogP contribution is 2.23. The van der Waals surface area contributed by atoms with Gasteiger partial charge in [0.05, 0.1) is 18.1 Å². The Morgan fingerprint density at radius 1 is 0.906 bits per heavy atom. The third-order valence-electron chi connectivity index (χ3n) is 5.84. The number of carbonyl (C=O) groups excluding carboxylic acids is 1. The second-order valence-electron chi connectivity index (χ2n) is 8.14. The van der Waals surface area contributed by atoms with Gasteiger partial charge in [-0.05, 0) is 68.3 Å². The maximum Gasteiger partial charge on any atom is 0.246 e. The second-order valence-corrected chi connectivity index (χ2v) is 10.1. The monoisotopic (exact) mass is 458 g/mol. The Labute approximate surface area is 189 Å². The summed E-state index contributed by atoms with van der Waals surface area (Å²) in [7, 11) is -3.44. The van der Waals surface area contributed by atoms with E-state index in [1.165, 1.54) is 4.31 Å². The Kier molecular flexibility index (Phi) is 6.98. The van der Waals surface area contributed by atoms with Gasteiger partial charge in [-0.25, -0.2) is 8.42 Å². The molecule has 2 aromatic carbocycles. The first kappa shape index (κ1) is 22.6. The summed E-state index contributed by atoms with van der Waals surface area (Å²) >= 11 is 0. The van der Waals surface area contributed by atoms with E-state index in [2.05, 4.69) is 15.5 Å². The molecule has 0 bridgehead atoms. The number of hydrogen-bond donors (Lipinski definition) is 2. The largest absolute Gasteiger partial charge is 0.378 e. The second kappa shape index (κ2) is 9.89. The number of nitrogens with one attached hydrogen (secondary N) is 2. The summed E-state index contributed by atoms with van der Waals surface area (Å²) in [5, 5.41) is 6.05. The summed E-state index contributed by atoms with van der Waals surface area (Å²) < 4.78 is 32.2. The van der Waals surface area contributed by atoms with Gasteiger partial charge in [-0.3, -0.25) is 4.79 Å². The molecule has 2 aliphatic heterocycles. The van der Waals surface area contributed by atoms with Crippen molar-refractivity contribution >= 4 is 33.0 Å². The summed E-state index contributed by atoms with van der Waals surface area (Å²) in [5.74, 6) is -0.169. The number of carbonyl (C=O) groups is 1. The highest BCUT2D eigenvalue weighted by atomic mass is 32.2. The molecule has 0 aliphatic carbocycles. The van der Waals surface area contributed by atoms with Crippen molar-refractivity contribution in [2.75, 3.05) is 54.9 Å². The van der Waals surface area contributed by atoms with Crippen LogP contribution < -0.4 is 15.5 Å². The van der Waals surface area contributed by atoms with Crippen LogP contribution in [0.5, 0.6) is 0 Å². The van der Waals surface area contributed by atoms with E-state index in [9.17, 15) is 13.2 Å². The van der Waals surface area contributed by atoms with Crippen molar-refractivity contribution in [3.8, 4) is 0 Å². The Morgan fingerprint density at radius 2 is 1.50 bits per heavy atom. The standard InChI is InChI=1S/C23H30N4O4S/c1-18(23(28)25-20-4-8-21(9-5-20)26-14-16-31-17-15-26)24-19-6-10-22(11-7-19)32(29,30)27-12-2-3-13-27/h4-11,18,24H,2-3,12-17H2,1H3,(H,25,28)/t18-/m1/s1. The first-order valence-electron chi connectivity index (χ1n) is 11.0. The van der Waals surface area contributed by atoms with Gasteiger partial charge >= 0.3 is 0 Å². The molecule has 2 fully saturated rings. The average Bonchev–Trinajstić information content (AvgIpc) is 3.36. The SMILES string of the molecule is C[C@@H](Nc1ccc(S(=O)(=O)N2CCCC2)cc1)C(=O)Nc1ccc(N2CCOCC2)cc1. The van der Waals surface area contributed by atoms with Gasteiger partial charge in [0.25, 0.3) is 0 Å². The maximum atomic E-state index is 12.6. The predicted molar refractivity (Wildman–Crippen MR) is 126 cm³/mol. The van der Waals surface area contributed by atoms with Crippen molar-refractivity contribution in [1.82, 2.24) is 4.31 Å². The van der Waals surface area contributed by atoms with Crippen LogP contribution in [0.2, 0.25) is 0 Å². The van der Waals surface area contributed by atoms with Crippen molar-refractivity contribution in [3.05, 3.63) is 48.5 Å². The molecule has 0 unspecified atom stereocenters. The lowest BCUT2D eigenvalue weighted by Gasteiger charge is -2.29. The van der Waals surface area contributed by atoms with Crippen LogP contribution in [0.1, 0.15) is 19.8 Å². The van der Waals surface area contributed by atoms with Crippen molar-refractivity contribution in [2.24, 2.45) is 0 Å². The van der Waals surface area contributed by atoms with Gasteiger partial charge in [0, 0.05) is 43.2 Å². The van der Waals surface area contributed by atoms with Crippen molar-refractivity contribution in [3.63, 3.8) is 0 Å². The maximum absolute atomic E-state index is 12.6. The minimum Gasteiger partial charge on any atom is -0.378 e. The molecule has 0 saturated carbocycles. The fourth-order valence-electron chi connectivity index (χ4n) is 3.94. The van der Waals surface area contributed by atoms with Crippen LogP contribution in [-0.4, -0.2) is 64.1 Å². The van der Waals surface area contributed by atoms with E-state index in [4.69, 9.17) is 4.74 Å². The summed E-state index contributed by atoms with van der Waals surface area (Å²) in [6.45, 7) is 6.11. The lowest BCUT2D eigenvalue weighted by atomic mass is 10.2. The summed E-state index contributed by atoms with van der Waals surface area (Å²) in [4.78, 5) is 15.1. The van der Waals surface area contributed by atoms with Crippen LogP contribution in [-0.2, 0) is 19.6 Å². The molecule has 2 N–H and O–H groups in total. The molecule has 0 radical (unpaired) electrons. The van der Waals surface area contributed by atoms with Crippen LogP contribution in [0, 0.1) is 0 Å². The molecule has 8 nitrogen and oxygen atoms in total. The Bertz CT molecular complexity index is 1010. The van der Waals surface area contributed by atoms with Crippen molar-refractivity contribution < 1.29 is 17.9 Å². The van der Waals surface area contributed by atoms with Gasteiger partial charge in [-0.2, -0.15) is 4.31 Å². The van der Waals surface area contributed by atoms with Crippen molar-refractivity contribution in [1.29, 1.82) is 0 Å². The highest BCUT2D eigenvalue weighted by Gasteiger charge is 2.27. The highest BCUT2D eigenvalue weighted by molar-refractivity contribution is 7.89. The number of sulfonamides is 1. The summed E-state index contributed by atoms with van der Waals surface area (Å²) in [5.41, 5.74) is 2.53. The van der Waals surface area contributed by atoms with E-state index in [1.54, 1.807) is 31.2 Å². The lowest BCUT2D eigenvalue weighted by molar-refractivity contribution is -0.116. The normalized spacial score (nSPS) is 18.3. The van der Waals surface area contributed by atoms with Gasteiger partial charge in [0.1, 0.15) is 6.04 Å². The van der Waals surface area contributed by atoms with Gasteiger partial charge in [-0.1, -0.05) is 0 Å². The number of nitrogens with zero attached hydrogens (tertiary/aromatic N) is 2. The van der Waals surface area contributed by atoms with Crippen LogP contribution >= 0.6 is 0 Å². The lowest BCUT2D eigenvalue weighted by Crippen LogP contribution is -2.36. The summed E-state index contributed by atoms with van der Waals surface area (Å²) in [6, 6.07) is 13.9. The first-order chi connectivity index (χ1) is 15.4. The minimum absolute atomic E-state index is 0.169. The molecule has 2 aliphatic rings. The average molecular weight is 459 g/mol. The number of ether oxygens (including phenoxy) is 1. The molecular formula is C23H30N4O4S. The quantitative estimate of drug-likeness (QED) is 0.663. The van der Waals surface area contributed by atoms with E-state index in [0.717, 1.165) is 50.5 Å². The van der Waals surface area contributed by atoms with Crippen LogP contribution in [0.15, 0.2) is 53.4 Å². The number of amides is 1. The van der Waals surface area contributed by atoms with Crippen molar-refractivity contribution in [2.45, 2.75) is 30.7 Å². The molecule has 2 aromatic rings. The van der Waals surface area contributed by atoms with Gasteiger partial charge in [-0.15, -0.1) is 0 Å². The molecular weight excluding hydrogens is 428 g/mol. The Hall–Kier alpha value is -2.62. The van der Waals surface area contributed by atoms with E-state index in [-0.39, 0.29) is 10.8 Å². The molecule has 2 heterocycles.